The lowest BCUT2D eigenvalue weighted by Gasteiger charge is -2.41. The van der Waals surface area contributed by atoms with Crippen LogP contribution in [0.4, 0.5) is 5.82 Å². The Kier molecular flexibility index (Phi) is 2.87. The SMILES string of the molecule is CC1CCCC(CN)N1c1ncnc2nc[nH]c12. The number of rotatable bonds is 2. The minimum Gasteiger partial charge on any atom is -0.348 e. The molecule has 6 heteroatoms. The summed E-state index contributed by atoms with van der Waals surface area (Å²) in [7, 11) is 0. The summed E-state index contributed by atoms with van der Waals surface area (Å²) in [6.07, 6.45) is 6.77. The van der Waals surface area contributed by atoms with Gasteiger partial charge < -0.3 is 15.6 Å². The van der Waals surface area contributed by atoms with Gasteiger partial charge >= 0.3 is 0 Å². The molecule has 2 unspecified atom stereocenters. The first-order chi connectivity index (χ1) is 8.81. The molecule has 18 heavy (non-hydrogen) atoms. The molecular weight excluding hydrogens is 228 g/mol. The Hall–Kier alpha value is -1.69. The normalized spacial score (nSPS) is 24.7. The summed E-state index contributed by atoms with van der Waals surface area (Å²) >= 11 is 0. The molecule has 1 saturated heterocycles. The smallest absolute Gasteiger partial charge is 0.182 e. The van der Waals surface area contributed by atoms with Crippen molar-refractivity contribution in [1.82, 2.24) is 19.9 Å². The number of anilines is 1. The molecular formula is C12H18N6. The van der Waals surface area contributed by atoms with E-state index in [1.165, 1.54) is 12.8 Å². The van der Waals surface area contributed by atoms with Crippen molar-refractivity contribution in [2.45, 2.75) is 38.3 Å². The van der Waals surface area contributed by atoms with Gasteiger partial charge in [-0.3, -0.25) is 0 Å². The predicted molar refractivity (Wildman–Crippen MR) is 70.3 cm³/mol. The van der Waals surface area contributed by atoms with Crippen LogP contribution in [0.25, 0.3) is 11.2 Å². The number of nitrogens with zero attached hydrogens (tertiary/aromatic N) is 4. The highest BCUT2D eigenvalue weighted by Gasteiger charge is 2.29. The standard InChI is InChI=1S/C12H18N6/c1-8-3-2-4-9(5-13)18(8)12-10-11(15-6-14-10)16-7-17-12/h6-9H,2-5,13H2,1H3,(H,14,15,16,17). The van der Waals surface area contributed by atoms with E-state index in [0.717, 1.165) is 17.8 Å². The van der Waals surface area contributed by atoms with E-state index in [1.54, 1.807) is 12.7 Å². The van der Waals surface area contributed by atoms with Crippen molar-refractivity contribution in [3.05, 3.63) is 12.7 Å². The Balaban J connectivity index is 2.08. The third-order valence-corrected chi connectivity index (χ3v) is 3.75. The Bertz CT molecular complexity index is 536. The van der Waals surface area contributed by atoms with E-state index >= 15 is 0 Å². The summed E-state index contributed by atoms with van der Waals surface area (Å²) in [6, 6.07) is 0.809. The molecule has 1 aliphatic heterocycles. The molecule has 3 N–H and O–H groups in total. The predicted octanol–water partition coefficient (Wildman–Crippen LogP) is 1.06. The maximum Gasteiger partial charge on any atom is 0.182 e. The van der Waals surface area contributed by atoms with Gasteiger partial charge in [0.05, 0.1) is 6.33 Å². The van der Waals surface area contributed by atoms with E-state index in [9.17, 15) is 0 Å². The second-order valence-electron chi connectivity index (χ2n) is 4.88. The number of nitrogens with two attached hydrogens (primary N) is 1. The van der Waals surface area contributed by atoms with Crippen molar-refractivity contribution < 1.29 is 0 Å². The summed E-state index contributed by atoms with van der Waals surface area (Å²) < 4.78 is 0. The minimum atomic E-state index is 0.357. The number of nitrogens with one attached hydrogen (secondary N) is 1. The van der Waals surface area contributed by atoms with Crippen LogP contribution in [0.2, 0.25) is 0 Å². The van der Waals surface area contributed by atoms with E-state index in [4.69, 9.17) is 5.73 Å². The molecule has 0 bridgehead atoms. The number of aromatic amines is 1. The lowest BCUT2D eigenvalue weighted by molar-refractivity contribution is 0.398. The van der Waals surface area contributed by atoms with E-state index in [-0.39, 0.29) is 0 Å². The molecule has 96 valence electrons. The van der Waals surface area contributed by atoms with Crippen LogP contribution >= 0.6 is 0 Å². The van der Waals surface area contributed by atoms with Gasteiger partial charge in [-0.15, -0.1) is 0 Å². The fraction of sp³-hybridized carbons (Fsp3) is 0.583. The molecule has 0 amide bonds. The van der Waals surface area contributed by atoms with Gasteiger partial charge in [-0.05, 0) is 26.2 Å². The monoisotopic (exact) mass is 246 g/mol. The average Bonchev–Trinajstić information content (AvgIpc) is 2.86. The number of H-pyrrole nitrogens is 1. The van der Waals surface area contributed by atoms with Crippen LogP contribution in [0.3, 0.4) is 0 Å². The van der Waals surface area contributed by atoms with Crippen molar-refractivity contribution in [3.8, 4) is 0 Å². The van der Waals surface area contributed by atoms with Crippen molar-refractivity contribution in [2.24, 2.45) is 5.73 Å². The van der Waals surface area contributed by atoms with Gasteiger partial charge in [-0.1, -0.05) is 0 Å². The van der Waals surface area contributed by atoms with E-state index in [2.05, 4.69) is 31.8 Å². The Morgan fingerprint density at radius 2 is 2.28 bits per heavy atom. The molecule has 3 rings (SSSR count). The molecule has 1 aliphatic rings. The molecule has 2 aromatic heterocycles. The largest absolute Gasteiger partial charge is 0.348 e. The van der Waals surface area contributed by atoms with Gasteiger partial charge in [0, 0.05) is 18.6 Å². The molecule has 0 aromatic carbocycles. The first-order valence-corrected chi connectivity index (χ1v) is 6.43. The van der Waals surface area contributed by atoms with Crippen LogP contribution in [0.5, 0.6) is 0 Å². The first-order valence-electron chi connectivity index (χ1n) is 6.43. The number of piperidine rings is 1. The van der Waals surface area contributed by atoms with E-state index < -0.39 is 0 Å². The summed E-state index contributed by atoms with van der Waals surface area (Å²) in [5, 5.41) is 0. The highest BCUT2D eigenvalue weighted by atomic mass is 15.3. The second-order valence-corrected chi connectivity index (χ2v) is 4.88. The third kappa shape index (κ3) is 1.73. The fourth-order valence-corrected chi connectivity index (χ4v) is 2.85. The fourth-order valence-electron chi connectivity index (χ4n) is 2.85. The summed E-state index contributed by atoms with van der Waals surface area (Å²) in [5.41, 5.74) is 7.53. The van der Waals surface area contributed by atoms with Gasteiger partial charge in [0.2, 0.25) is 0 Å². The zero-order valence-corrected chi connectivity index (χ0v) is 10.5. The van der Waals surface area contributed by atoms with Gasteiger partial charge in [-0.25, -0.2) is 15.0 Å². The molecule has 0 spiro atoms. The summed E-state index contributed by atoms with van der Waals surface area (Å²) in [6.45, 7) is 2.89. The van der Waals surface area contributed by atoms with Crippen molar-refractivity contribution in [2.75, 3.05) is 11.4 Å². The topological polar surface area (TPSA) is 83.7 Å². The summed E-state index contributed by atoms with van der Waals surface area (Å²) in [4.78, 5) is 18.2. The Morgan fingerprint density at radius 3 is 3.11 bits per heavy atom. The second kappa shape index (κ2) is 4.53. The maximum atomic E-state index is 5.90. The van der Waals surface area contributed by atoms with Crippen molar-refractivity contribution >= 4 is 17.0 Å². The molecule has 3 heterocycles. The lowest BCUT2D eigenvalue weighted by atomic mass is 9.96. The molecule has 1 fully saturated rings. The van der Waals surface area contributed by atoms with Gasteiger partial charge in [-0.2, -0.15) is 0 Å². The number of aromatic nitrogens is 4. The van der Waals surface area contributed by atoms with Crippen molar-refractivity contribution in [3.63, 3.8) is 0 Å². The van der Waals surface area contributed by atoms with Gasteiger partial charge in [0.15, 0.2) is 11.5 Å². The highest BCUT2D eigenvalue weighted by molar-refractivity contribution is 5.83. The summed E-state index contributed by atoms with van der Waals surface area (Å²) in [5.74, 6) is 0.931. The molecule has 2 aromatic rings. The van der Waals surface area contributed by atoms with Crippen LogP contribution in [-0.2, 0) is 0 Å². The molecule has 0 saturated carbocycles. The molecule has 6 nitrogen and oxygen atoms in total. The van der Waals surface area contributed by atoms with Crippen LogP contribution in [0, 0.1) is 0 Å². The van der Waals surface area contributed by atoms with E-state index in [1.807, 2.05) is 0 Å². The van der Waals surface area contributed by atoms with Crippen molar-refractivity contribution in [1.29, 1.82) is 0 Å². The Labute approximate surface area is 106 Å². The number of fused-ring (bicyclic) bond motifs is 1. The zero-order chi connectivity index (χ0) is 12.5. The van der Waals surface area contributed by atoms with Crippen LogP contribution in [0.1, 0.15) is 26.2 Å². The highest BCUT2D eigenvalue weighted by Crippen LogP contribution is 2.30. The molecule has 0 aliphatic carbocycles. The minimum absolute atomic E-state index is 0.357. The number of hydrogen-bond acceptors (Lipinski definition) is 5. The molecule has 0 radical (unpaired) electrons. The zero-order valence-electron chi connectivity index (χ0n) is 10.5. The van der Waals surface area contributed by atoms with Crippen LogP contribution < -0.4 is 10.6 Å². The van der Waals surface area contributed by atoms with Crippen LogP contribution in [0.15, 0.2) is 12.7 Å². The quantitative estimate of drug-likeness (QED) is 0.827. The van der Waals surface area contributed by atoms with Crippen LogP contribution in [-0.4, -0.2) is 38.6 Å². The lowest BCUT2D eigenvalue weighted by Crippen LogP contribution is -2.49. The average molecular weight is 246 g/mol. The molecule has 2 atom stereocenters. The van der Waals surface area contributed by atoms with E-state index in [0.29, 0.717) is 24.3 Å². The third-order valence-electron chi connectivity index (χ3n) is 3.75. The van der Waals surface area contributed by atoms with Gasteiger partial charge in [0.1, 0.15) is 11.8 Å². The number of imidazole rings is 1. The first kappa shape index (κ1) is 11.4. The van der Waals surface area contributed by atoms with Gasteiger partial charge in [0.25, 0.3) is 0 Å². The number of hydrogen-bond donors (Lipinski definition) is 2. The Morgan fingerprint density at radius 1 is 1.39 bits per heavy atom. The maximum absolute atomic E-state index is 5.90.